The first-order valence-corrected chi connectivity index (χ1v) is 6.78. The third kappa shape index (κ3) is 3.01. The summed E-state index contributed by atoms with van der Waals surface area (Å²) in [5, 5.41) is 4.05. The number of nitrogens with two attached hydrogens (primary N) is 1. The molecule has 4 nitrogen and oxygen atoms in total. The first-order valence-electron chi connectivity index (χ1n) is 6.78. The summed E-state index contributed by atoms with van der Waals surface area (Å²) < 4.78 is 5.35. The van der Waals surface area contributed by atoms with Gasteiger partial charge in [-0.3, -0.25) is 0 Å². The van der Waals surface area contributed by atoms with Crippen molar-refractivity contribution in [2.45, 2.75) is 33.1 Å². The number of aryl methyl sites for hydroxylation is 1. The first-order chi connectivity index (χ1) is 9.15. The molecule has 1 unspecified atom stereocenters. The molecule has 1 heterocycles. The summed E-state index contributed by atoms with van der Waals surface area (Å²) in [6.07, 6.45) is 1.03. The molecule has 1 aromatic heterocycles. The van der Waals surface area contributed by atoms with Gasteiger partial charge in [-0.05, 0) is 17.9 Å². The molecule has 102 valence electrons. The molecule has 2 rings (SSSR count). The van der Waals surface area contributed by atoms with Crippen LogP contribution in [0.4, 0.5) is 0 Å². The van der Waals surface area contributed by atoms with E-state index in [9.17, 15) is 0 Å². The van der Waals surface area contributed by atoms with Crippen molar-refractivity contribution in [3.05, 3.63) is 35.7 Å². The van der Waals surface area contributed by atoms with Crippen LogP contribution in [0.1, 0.15) is 38.1 Å². The molecule has 4 heteroatoms. The minimum absolute atomic E-state index is 0.121. The van der Waals surface area contributed by atoms with Gasteiger partial charge in [0, 0.05) is 12.1 Å². The Balaban J connectivity index is 2.24. The van der Waals surface area contributed by atoms with Crippen LogP contribution >= 0.6 is 0 Å². The molecule has 0 radical (unpaired) electrons. The molecule has 2 aromatic rings. The van der Waals surface area contributed by atoms with E-state index in [1.807, 2.05) is 12.1 Å². The standard InChI is InChI=1S/C15H21N3O/c1-4-11-5-7-12(8-6-11)14-17-15(19-18-14)13(9-16)10(2)3/h5-8,10,13H,4,9,16H2,1-3H3. The fourth-order valence-electron chi connectivity index (χ4n) is 2.05. The number of hydrogen-bond acceptors (Lipinski definition) is 4. The zero-order valence-electron chi connectivity index (χ0n) is 11.8. The van der Waals surface area contributed by atoms with E-state index in [1.165, 1.54) is 5.56 Å². The van der Waals surface area contributed by atoms with E-state index in [4.69, 9.17) is 10.3 Å². The number of benzene rings is 1. The molecule has 0 aliphatic rings. The Kier molecular flexibility index (Phi) is 4.32. The third-order valence-corrected chi connectivity index (χ3v) is 3.44. The van der Waals surface area contributed by atoms with Crippen LogP contribution in [-0.2, 0) is 6.42 Å². The second-order valence-corrected chi connectivity index (χ2v) is 5.09. The molecule has 0 spiro atoms. The molecular weight excluding hydrogens is 238 g/mol. The maximum Gasteiger partial charge on any atom is 0.231 e. The lowest BCUT2D eigenvalue weighted by atomic mass is 9.96. The largest absolute Gasteiger partial charge is 0.339 e. The molecule has 0 aliphatic heterocycles. The highest BCUT2D eigenvalue weighted by Crippen LogP contribution is 2.24. The number of hydrogen-bond donors (Lipinski definition) is 1. The molecule has 0 aliphatic carbocycles. The van der Waals surface area contributed by atoms with E-state index < -0.39 is 0 Å². The SMILES string of the molecule is CCc1ccc(-c2noc(C(CN)C(C)C)n2)cc1. The van der Waals surface area contributed by atoms with E-state index in [0.29, 0.717) is 24.2 Å². The molecular formula is C15H21N3O. The summed E-state index contributed by atoms with van der Waals surface area (Å²) in [6, 6.07) is 8.24. The van der Waals surface area contributed by atoms with Gasteiger partial charge in [-0.1, -0.05) is 50.2 Å². The molecule has 19 heavy (non-hydrogen) atoms. The van der Waals surface area contributed by atoms with Crippen molar-refractivity contribution in [3.63, 3.8) is 0 Å². The van der Waals surface area contributed by atoms with Gasteiger partial charge in [0.1, 0.15) is 0 Å². The van der Waals surface area contributed by atoms with Crippen molar-refractivity contribution in [2.24, 2.45) is 11.7 Å². The Bertz CT molecular complexity index is 516. The Hall–Kier alpha value is -1.68. The average Bonchev–Trinajstić information content (AvgIpc) is 2.89. The smallest absolute Gasteiger partial charge is 0.231 e. The Morgan fingerprint density at radius 2 is 1.89 bits per heavy atom. The van der Waals surface area contributed by atoms with Crippen molar-refractivity contribution in [1.29, 1.82) is 0 Å². The molecule has 2 N–H and O–H groups in total. The van der Waals surface area contributed by atoms with Gasteiger partial charge in [-0.2, -0.15) is 4.98 Å². The maximum atomic E-state index is 5.76. The second-order valence-electron chi connectivity index (χ2n) is 5.09. The van der Waals surface area contributed by atoms with Gasteiger partial charge in [-0.15, -0.1) is 0 Å². The summed E-state index contributed by atoms with van der Waals surface area (Å²) in [5.74, 6) is 1.78. The van der Waals surface area contributed by atoms with Crippen LogP contribution in [-0.4, -0.2) is 16.7 Å². The van der Waals surface area contributed by atoms with Crippen molar-refractivity contribution in [3.8, 4) is 11.4 Å². The topological polar surface area (TPSA) is 64.9 Å². The Labute approximate surface area is 114 Å². The van der Waals surface area contributed by atoms with Crippen LogP contribution in [0.25, 0.3) is 11.4 Å². The highest BCUT2D eigenvalue weighted by molar-refractivity contribution is 5.54. The van der Waals surface area contributed by atoms with Gasteiger partial charge in [0.05, 0.1) is 5.92 Å². The van der Waals surface area contributed by atoms with Gasteiger partial charge in [0.15, 0.2) is 0 Å². The quantitative estimate of drug-likeness (QED) is 0.896. The van der Waals surface area contributed by atoms with Crippen LogP contribution in [0, 0.1) is 5.92 Å². The van der Waals surface area contributed by atoms with E-state index in [0.717, 1.165) is 12.0 Å². The molecule has 0 saturated heterocycles. The molecule has 0 bridgehead atoms. The van der Waals surface area contributed by atoms with E-state index in [2.05, 4.69) is 43.0 Å². The summed E-state index contributed by atoms with van der Waals surface area (Å²) >= 11 is 0. The van der Waals surface area contributed by atoms with Gasteiger partial charge in [0.2, 0.25) is 11.7 Å². The van der Waals surface area contributed by atoms with Gasteiger partial charge >= 0.3 is 0 Å². The van der Waals surface area contributed by atoms with Crippen LogP contribution in [0.2, 0.25) is 0 Å². The zero-order chi connectivity index (χ0) is 13.8. The van der Waals surface area contributed by atoms with Crippen molar-refractivity contribution in [2.75, 3.05) is 6.54 Å². The van der Waals surface area contributed by atoms with Gasteiger partial charge in [0.25, 0.3) is 0 Å². The fourth-order valence-corrected chi connectivity index (χ4v) is 2.05. The van der Waals surface area contributed by atoms with Gasteiger partial charge < -0.3 is 10.3 Å². The minimum Gasteiger partial charge on any atom is -0.339 e. The molecule has 0 saturated carbocycles. The predicted octanol–water partition coefficient (Wildman–Crippen LogP) is 3.00. The van der Waals surface area contributed by atoms with Crippen molar-refractivity contribution in [1.82, 2.24) is 10.1 Å². The summed E-state index contributed by atoms with van der Waals surface area (Å²) in [5.41, 5.74) is 8.04. The number of rotatable bonds is 5. The zero-order valence-corrected chi connectivity index (χ0v) is 11.8. The minimum atomic E-state index is 0.121. The van der Waals surface area contributed by atoms with Crippen LogP contribution in [0.3, 0.4) is 0 Å². The normalized spacial score (nSPS) is 12.9. The molecule has 0 fully saturated rings. The van der Waals surface area contributed by atoms with E-state index in [-0.39, 0.29) is 5.92 Å². The van der Waals surface area contributed by atoms with E-state index in [1.54, 1.807) is 0 Å². The van der Waals surface area contributed by atoms with Crippen molar-refractivity contribution < 1.29 is 4.52 Å². The number of nitrogens with zero attached hydrogens (tertiary/aromatic N) is 2. The summed E-state index contributed by atoms with van der Waals surface area (Å²) in [4.78, 5) is 4.47. The monoisotopic (exact) mass is 259 g/mol. The first kappa shape index (κ1) is 13.7. The van der Waals surface area contributed by atoms with Crippen molar-refractivity contribution >= 4 is 0 Å². The Morgan fingerprint density at radius 3 is 2.42 bits per heavy atom. The maximum absolute atomic E-state index is 5.76. The molecule has 1 aromatic carbocycles. The molecule has 0 amide bonds. The second kappa shape index (κ2) is 5.97. The Morgan fingerprint density at radius 1 is 1.21 bits per heavy atom. The third-order valence-electron chi connectivity index (χ3n) is 3.44. The van der Waals surface area contributed by atoms with Crippen LogP contribution in [0.15, 0.2) is 28.8 Å². The average molecular weight is 259 g/mol. The lowest BCUT2D eigenvalue weighted by Gasteiger charge is -2.13. The lowest BCUT2D eigenvalue weighted by Crippen LogP contribution is -2.18. The van der Waals surface area contributed by atoms with E-state index >= 15 is 0 Å². The highest BCUT2D eigenvalue weighted by Gasteiger charge is 2.21. The number of aromatic nitrogens is 2. The van der Waals surface area contributed by atoms with Gasteiger partial charge in [-0.25, -0.2) is 0 Å². The summed E-state index contributed by atoms with van der Waals surface area (Å²) in [7, 11) is 0. The fraction of sp³-hybridized carbons (Fsp3) is 0.467. The lowest BCUT2D eigenvalue weighted by molar-refractivity contribution is 0.324. The highest BCUT2D eigenvalue weighted by atomic mass is 16.5. The van der Waals surface area contributed by atoms with Crippen LogP contribution in [0.5, 0.6) is 0 Å². The van der Waals surface area contributed by atoms with Crippen LogP contribution < -0.4 is 5.73 Å². The summed E-state index contributed by atoms with van der Waals surface area (Å²) in [6.45, 7) is 6.87. The predicted molar refractivity (Wildman–Crippen MR) is 75.7 cm³/mol. The molecule has 1 atom stereocenters.